The molecule has 0 N–H and O–H groups in total. The summed E-state index contributed by atoms with van der Waals surface area (Å²) in [6.07, 6.45) is 5.96. The zero-order chi connectivity index (χ0) is 27.5. The van der Waals surface area contributed by atoms with Gasteiger partial charge in [0.15, 0.2) is 0 Å². The lowest BCUT2D eigenvalue weighted by Crippen LogP contribution is -2.53. The molecule has 10 heteroatoms. The second kappa shape index (κ2) is 13.8. The maximum absolute atomic E-state index is 12.9. The van der Waals surface area contributed by atoms with Crippen molar-refractivity contribution in [1.82, 2.24) is 9.80 Å². The van der Waals surface area contributed by atoms with Gasteiger partial charge >= 0.3 is 18.0 Å². The first-order valence-electron chi connectivity index (χ1n) is 12.1. The molecule has 1 aliphatic heterocycles. The summed E-state index contributed by atoms with van der Waals surface area (Å²) in [4.78, 5) is 64.9. The van der Waals surface area contributed by atoms with E-state index in [4.69, 9.17) is 14.2 Å². The SMILES string of the molecule is C=CCOC(=O)[C@@H]1CCCCN1C(=O)C(=O)C(C)(C)COC(=O)/C=C/CCN(C)C(=O)OC(C)(C)C. The number of ether oxygens (including phenoxy) is 3. The van der Waals surface area contributed by atoms with Gasteiger partial charge in [-0.15, -0.1) is 0 Å². The summed E-state index contributed by atoms with van der Waals surface area (Å²) in [6, 6.07) is -0.824. The lowest BCUT2D eigenvalue weighted by molar-refractivity contribution is -0.161. The molecule has 202 valence electrons. The van der Waals surface area contributed by atoms with Gasteiger partial charge in [-0.25, -0.2) is 14.4 Å². The van der Waals surface area contributed by atoms with Crippen molar-refractivity contribution in [2.75, 3.05) is 33.4 Å². The quantitative estimate of drug-likeness (QED) is 0.137. The van der Waals surface area contributed by atoms with E-state index in [1.54, 1.807) is 33.9 Å². The van der Waals surface area contributed by atoms with Gasteiger partial charge in [-0.3, -0.25) is 9.59 Å². The van der Waals surface area contributed by atoms with E-state index in [2.05, 4.69) is 6.58 Å². The molecule has 1 saturated heterocycles. The normalized spacial score (nSPS) is 16.3. The fourth-order valence-corrected chi connectivity index (χ4v) is 3.32. The van der Waals surface area contributed by atoms with Crippen LogP contribution in [0.1, 0.15) is 60.3 Å². The Morgan fingerprint density at radius 1 is 1.06 bits per heavy atom. The van der Waals surface area contributed by atoms with Crippen LogP contribution in [0.2, 0.25) is 0 Å². The minimum Gasteiger partial charge on any atom is -0.461 e. The van der Waals surface area contributed by atoms with Gasteiger partial charge in [-0.1, -0.05) is 18.7 Å². The van der Waals surface area contributed by atoms with Crippen molar-refractivity contribution in [3.05, 3.63) is 24.8 Å². The van der Waals surface area contributed by atoms with Crippen molar-refractivity contribution in [2.24, 2.45) is 5.41 Å². The van der Waals surface area contributed by atoms with E-state index in [1.807, 2.05) is 0 Å². The number of Topliss-reactive ketones (excluding diaryl/α,β-unsaturated/α-hetero) is 1. The third-order valence-corrected chi connectivity index (χ3v) is 5.35. The van der Waals surface area contributed by atoms with Crippen molar-refractivity contribution >= 4 is 29.7 Å². The highest BCUT2D eigenvalue weighted by Crippen LogP contribution is 2.24. The maximum atomic E-state index is 12.9. The van der Waals surface area contributed by atoms with E-state index in [9.17, 15) is 24.0 Å². The van der Waals surface area contributed by atoms with Crippen LogP contribution in [-0.4, -0.2) is 84.5 Å². The predicted molar refractivity (Wildman–Crippen MR) is 133 cm³/mol. The molecule has 36 heavy (non-hydrogen) atoms. The summed E-state index contributed by atoms with van der Waals surface area (Å²) in [5.41, 5.74) is -1.88. The second-order valence-corrected chi connectivity index (χ2v) is 10.3. The van der Waals surface area contributed by atoms with Crippen LogP contribution in [0.5, 0.6) is 0 Å². The number of piperidine rings is 1. The molecule has 0 radical (unpaired) electrons. The number of likely N-dealkylation sites (tertiary alicyclic amines) is 1. The lowest BCUT2D eigenvalue weighted by atomic mass is 9.87. The van der Waals surface area contributed by atoms with Crippen molar-refractivity contribution in [2.45, 2.75) is 71.9 Å². The molecule has 10 nitrogen and oxygen atoms in total. The Labute approximate surface area is 213 Å². The number of carbonyl (C=O) groups is 5. The van der Waals surface area contributed by atoms with Gasteiger partial charge < -0.3 is 24.0 Å². The highest BCUT2D eigenvalue weighted by molar-refractivity contribution is 6.38. The minimum atomic E-state index is -1.29. The first-order chi connectivity index (χ1) is 16.7. The first kappa shape index (κ1) is 30.9. The van der Waals surface area contributed by atoms with Crippen molar-refractivity contribution < 1.29 is 38.2 Å². The molecule has 0 aromatic carbocycles. The number of esters is 2. The molecule has 1 atom stereocenters. The van der Waals surface area contributed by atoms with Gasteiger partial charge in [0, 0.05) is 26.2 Å². The molecule has 0 bridgehead atoms. The largest absolute Gasteiger partial charge is 0.461 e. The summed E-state index contributed by atoms with van der Waals surface area (Å²) in [5, 5.41) is 0. The van der Waals surface area contributed by atoms with Crippen LogP contribution in [0.4, 0.5) is 4.79 Å². The molecule has 0 aromatic rings. The lowest BCUT2D eigenvalue weighted by Gasteiger charge is -2.35. The molecular weight excluding hydrogens is 468 g/mol. The van der Waals surface area contributed by atoms with Gasteiger partial charge in [-0.05, 0) is 60.3 Å². The van der Waals surface area contributed by atoms with Gasteiger partial charge in [0.25, 0.3) is 5.91 Å². The van der Waals surface area contributed by atoms with Crippen LogP contribution in [0.3, 0.4) is 0 Å². The number of ketones is 1. The molecule has 1 heterocycles. The fraction of sp³-hybridized carbons (Fsp3) is 0.654. The Bertz CT molecular complexity index is 856. The Balaban J connectivity index is 2.60. The number of amides is 2. The standard InChI is InChI=1S/C26H40N2O8/c1-8-17-34-23(32)19-13-9-12-16-28(19)22(31)21(30)26(5,6)18-35-20(29)14-10-11-15-27(7)24(33)36-25(2,3)4/h8,10,14,19H,1,9,11-13,15-18H2,2-7H3/b14-10+/t19-/m0/s1. The molecule has 1 rings (SSSR count). The van der Waals surface area contributed by atoms with E-state index in [0.29, 0.717) is 25.8 Å². The number of hydrogen-bond donors (Lipinski definition) is 0. The zero-order valence-electron chi connectivity index (χ0n) is 22.3. The zero-order valence-corrected chi connectivity index (χ0v) is 22.3. The monoisotopic (exact) mass is 508 g/mol. The van der Waals surface area contributed by atoms with Gasteiger partial charge in [0.1, 0.15) is 24.9 Å². The van der Waals surface area contributed by atoms with Crippen LogP contribution in [0.15, 0.2) is 24.8 Å². The predicted octanol–water partition coefficient (Wildman–Crippen LogP) is 3.05. The van der Waals surface area contributed by atoms with Crippen LogP contribution in [0.25, 0.3) is 0 Å². The van der Waals surface area contributed by atoms with E-state index in [0.717, 1.165) is 6.42 Å². The Morgan fingerprint density at radius 3 is 2.33 bits per heavy atom. The van der Waals surface area contributed by atoms with Crippen LogP contribution >= 0.6 is 0 Å². The number of hydrogen-bond acceptors (Lipinski definition) is 8. The van der Waals surface area contributed by atoms with Gasteiger partial charge in [0.2, 0.25) is 5.78 Å². The number of carbonyl (C=O) groups excluding carboxylic acids is 5. The van der Waals surface area contributed by atoms with E-state index < -0.39 is 46.8 Å². The first-order valence-corrected chi connectivity index (χ1v) is 12.1. The third kappa shape index (κ3) is 10.2. The molecular formula is C26H40N2O8. The highest BCUT2D eigenvalue weighted by atomic mass is 16.6. The Kier molecular flexibility index (Phi) is 11.8. The minimum absolute atomic E-state index is 0.0254. The second-order valence-electron chi connectivity index (χ2n) is 10.3. The van der Waals surface area contributed by atoms with E-state index in [1.165, 1.54) is 35.8 Å². The maximum Gasteiger partial charge on any atom is 0.410 e. The van der Waals surface area contributed by atoms with Crippen LogP contribution < -0.4 is 0 Å². The molecule has 0 unspecified atom stereocenters. The molecule has 0 saturated carbocycles. The average molecular weight is 509 g/mol. The Morgan fingerprint density at radius 2 is 1.72 bits per heavy atom. The average Bonchev–Trinajstić information content (AvgIpc) is 2.81. The topological polar surface area (TPSA) is 120 Å². The van der Waals surface area contributed by atoms with Gasteiger partial charge in [-0.2, -0.15) is 0 Å². The smallest absolute Gasteiger partial charge is 0.410 e. The number of nitrogens with zero attached hydrogens (tertiary/aromatic N) is 2. The summed E-state index contributed by atoms with van der Waals surface area (Å²) in [7, 11) is 1.59. The van der Waals surface area contributed by atoms with Crippen molar-refractivity contribution in [3.63, 3.8) is 0 Å². The summed E-state index contributed by atoms with van der Waals surface area (Å²) < 4.78 is 15.5. The van der Waals surface area contributed by atoms with Crippen molar-refractivity contribution in [3.8, 4) is 0 Å². The van der Waals surface area contributed by atoms with Gasteiger partial charge in [0.05, 0.1) is 5.41 Å². The summed E-state index contributed by atoms with van der Waals surface area (Å²) in [5.74, 6) is -2.78. The van der Waals surface area contributed by atoms with Crippen LogP contribution in [-0.2, 0) is 33.4 Å². The molecule has 0 spiro atoms. The molecule has 0 aromatic heterocycles. The molecule has 0 aliphatic carbocycles. The third-order valence-electron chi connectivity index (χ3n) is 5.35. The summed E-state index contributed by atoms with van der Waals surface area (Å²) in [6.45, 7) is 12.2. The molecule has 1 aliphatic rings. The Hall–Kier alpha value is -3.17. The van der Waals surface area contributed by atoms with Crippen LogP contribution in [0, 0.1) is 5.41 Å². The van der Waals surface area contributed by atoms with Crippen molar-refractivity contribution in [1.29, 1.82) is 0 Å². The number of rotatable bonds is 11. The summed E-state index contributed by atoms with van der Waals surface area (Å²) >= 11 is 0. The molecule has 2 amide bonds. The van der Waals surface area contributed by atoms with E-state index in [-0.39, 0.29) is 19.8 Å². The molecule has 1 fully saturated rings. The van der Waals surface area contributed by atoms with E-state index >= 15 is 0 Å². The highest BCUT2D eigenvalue weighted by Gasteiger charge is 2.41. The fourth-order valence-electron chi connectivity index (χ4n) is 3.32.